The van der Waals surface area contributed by atoms with E-state index in [1.807, 2.05) is 81.4 Å². The molecule has 0 N–H and O–H groups in total. The number of hydrogen-bond acceptors (Lipinski definition) is 5. The smallest absolute Gasteiger partial charge is 0.338 e. The van der Waals surface area contributed by atoms with Crippen molar-refractivity contribution in [1.82, 2.24) is 0 Å². The second kappa shape index (κ2) is 10.6. The maximum Gasteiger partial charge on any atom is 0.338 e. The first-order valence-electron chi connectivity index (χ1n) is 10.3. The minimum Gasteiger partial charge on any atom is -0.487 e. The number of ether oxygens (including phenoxy) is 2. The summed E-state index contributed by atoms with van der Waals surface area (Å²) in [5, 5.41) is 1.08. The van der Waals surface area contributed by atoms with Gasteiger partial charge in [-0.15, -0.1) is 0 Å². The molecule has 166 valence electrons. The van der Waals surface area contributed by atoms with Crippen molar-refractivity contribution in [2.24, 2.45) is 0 Å². The molecule has 0 atom stereocenters. The molecule has 0 aliphatic rings. The Kier molecular flexibility index (Phi) is 7.63. The number of anilines is 1. The van der Waals surface area contributed by atoms with E-state index < -0.39 is 11.6 Å². The second-order valence-corrected chi connectivity index (χ2v) is 8.15. The number of hydroxylamine groups is 1. The number of carbonyl (C=O) groups excluding carboxylic acids is 2. The van der Waals surface area contributed by atoms with Crippen LogP contribution < -0.4 is 9.80 Å². The van der Waals surface area contributed by atoms with Crippen molar-refractivity contribution in [3.63, 3.8) is 0 Å². The van der Waals surface area contributed by atoms with E-state index in [1.165, 1.54) is 6.07 Å². The summed E-state index contributed by atoms with van der Waals surface area (Å²) in [5.74, 6) is -0.101. The topological polar surface area (TPSA) is 65.1 Å². The highest BCUT2D eigenvalue weighted by atomic mass is 16.7. The summed E-state index contributed by atoms with van der Waals surface area (Å²) < 4.78 is 11.4. The van der Waals surface area contributed by atoms with Crippen LogP contribution in [0, 0.1) is 0 Å². The second-order valence-electron chi connectivity index (χ2n) is 8.15. The van der Waals surface area contributed by atoms with E-state index in [4.69, 9.17) is 14.3 Å². The van der Waals surface area contributed by atoms with Gasteiger partial charge in [-0.3, -0.25) is 9.63 Å². The average molecular weight is 434 g/mol. The monoisotopic (exact) mass is 433 g/mol. The molecule has 0 bridgehead atoms. The number of rotatable bonds is 9. The zero-order chi connectivity index (χ0) is 23.0. The summed E-state index contributed by atoms with van der Waals surface area (Å²) in [6.07, 6.45) is 0.551. The molecule has 0 aliphatic carbocycles. The van der Waals surface area contributed by atoms with Gasteiger partial charge in [-0.25, -0.2) is 4.79 Å². The first kappa shape index (κ1) is 23.0. The van der Waals surface area contributed by atoms with Crippen molar-refractivity contribution in [2.75, 3.05) is 5.06 Å². The molecule has 0 heterocycles. The maximum atomic E-state index is 12.6. The van der Waals surface area contributed by atoms with Crippen molar-refractivity contribution in [1.29, 1.82) is 0 Å². The Labute approximate surface area is 188 Å². The SMILES string of the molecule is CC(C)(C)ON(C=O)c1cc(C(=O)OCc2ccccc2)ccc1OCc1ccccc1. The molecule has 0 aromatic heterocycles. The Morgan fingerprint density at radius 1 is 0.875 bits per heavy atom. The van der Waals surface area contributed by atoms with Crippen LogP contribution in [-0.2, 0) is 27.6 Å². The summed E-state index contributed by atoms with van der Waals surface area (Å²) in [4.78, 5) is 30.2. The predicted molar refractivity (Wildman–Crippen MR) is 122 cm³/mol. The van der Waals surface area contributed by atoms with E-state index in [-0.39, 0.29) is 12.2 Å². The number of amides is 1. The normalized spacial score (nSPS) is 11.0. The van der Waals surface area contributed by atoms with Gasteiger partial charge in [0.05, 0.1) is 11.2 Å². The molecule has 1 amide bonds. The lowest BCUT2D eigenvalue weighted by molar-refractivity contribution is -0.120. The van der Waals surface area contributed by atoms with Crippen LogP contribution in [0.15, 0.2) is 78.9 Å². The minimum absolute atomic E-state index is 0.150. The molecule has 0 saturated heterocycles. The fraction of sp³-hybridized carbons (Fsp3) is 0.231. The maximum absolute atomic E-state index is 12.6. The highest BCUT2D eigenvalue weighted by Gasteiger charge is 2.22. The zero-order valence-corrected chi connectivity index (χ0v) is 18.5. The highest BCUT2D eigenvalue weighted by Crippen LogP contribution is 2.32. The number of esters is 1. The van der Waals surface area contributed by atoms with E-state index in [2.05, 4.69) is 0 Å². The first-order chi connectivity index (χ1) is 15.4. The number of benzene rings is 3. The molecule has 0 aliphatic heterocycles. The van der Waals surface area contributed by atoms with E-state index in [0.29, 0.717) is 24.5 Å². The van der Waals surface area contributed by atoms with Crippen LogP contribution >= 0.6 is 0 Å². The summed E-state index contributed by atoms with van der Waals surface area (Å²) in [7, 11) is 0. The summed E-state index contributed by atoms with van der Waals surface area (Å²) >= 11 is 0. The quantitative estimate of drug-likeness (QED) is 0.260. The summed E-state index contributed by atoms with van der Waals surface area (Å²) in [6, 6.07) is 23.9. The molecule has 3 rings (SSSR count). The first-order valence-corrected chi connectivity index (χ1v) is 10.3. The zero-order valence-electron chi connectivity index (χ0n) is 18.5. The van der Waals surface area contributed by atoms with Gasteiger partial charge >= 0.3 is 5.97 Å². The molecule has 0 radical (unpaired) electrons. The Hall–Kier alpha value is -3.64. The molecule has 3 aromatic carbocycles. The van der Waals surface area contributed by atoms with Gasteiger partial charge in [-0.1, -0.05) is 60.7 Å². The number of carbonyl (C=O) groups is 2. The lowest BCUT2D eigenvalue weighted by Gasteiger charge is -2.28. The van der Waals surface area contributed by atoms with Gasteiger partial charge in [0.1, 0.15) is 24.7 Å². The van der Waals surface area contributed by atoms with Crippen LogP contribution in [0.4, 0.5) is 5.69 Å². The van der Waals surface area contributed by atoms with Crippen molar-refractivity contribution >= 4 is 18.1 Å². The third-order valence-electron chi connectivity index (χ3n) is 4.35. The fourth-order valence-corrected chi connectivity index (χ4v) is 2.90. The lowest BCUT2D eigenvalue weighted by atomic mass is 10.1. The number of nitrogens with zero attached hydrogens (tertiary/aromatic N) is 1. The fourth-order valence-electron chi connectivity index (χ4n) is 2.90. The van der Waals surface area contributed by atoms with E-state index in [9.17, 15) is 9.59 Å². The van der Waals surface area contributed by atoms with Crippen LogP contribution in [0.1, 0.15) is 42.3 Å². The summed E-state index contributed by atoms with van der Waals surface area (Å²) in [5.41, 5.74) is 1.82. The van der Waals surface area contributed by atoms with Crippen LogP contribution in [-0.4, -0.2) is 18.0 Å². The largest absolute Gasteiger partial charge is 0.487 e. The van der Waals surface area contributed by atoms with Crippen molar-refractivity contribution in [3.8, 4) is 5.75 Å². The van der Waals surface area contributed by atoms with Crippen LogP contribution in [0.3, 0.4) is 0 Å². The Bertz CT molecular complexity index is 1030. The van der Waals surface area contributed by atoms with Crippen LogP contribution in [0.25, 0.3) is 0 Å². The van der Waals surface area contributed by atoms with Gasteiger partial charge in [-0.2, -0.15) is 5.06 Å². The molecule has 0 fully saturated rings. The van der Waals surface area contributed by atoms with E-state index in [0.717, 1.165) is 16.2 Å². The van der Waals surface area contributed by atoms with Crippen molar-refractivity contribution in [3.05, 3.63) is 95.6 Å². The predicted octanol–water partition coefficient (Wildman–Crippen LogP) is 5.32. The molecule has 6 nitrogen and oxygen atoms in total. The van der Waals surface area contributed by atoms with Gasteiger partial charge < -0.3 is 9.47 Å². The third kappa shape index (κ3) is 6.68. The van der Waals surface area contributed by atoms with E-state index in [1.54, 1.807) is 12.1 Å². The van der Waals surface area contributed by atoms with Gasteiger partial charge in [-0.05, 0) is 50.1 Å². The van der Waals surface area contributed by atoms with E-state index >= 15 is 0 Å². The molecule has 3 aromatic rings. The van der Waals surface area contributed by atoms with Gasteiger partial charge in [0.15, 0.2) is 0 Å². The standard InChI is InChI=1S/C26H27NO5/c1-26(2,3)32-27(19-28)23-16-22(25(29)31-18-21-12-8-5-9-13-21)14-15-24(23)30-17-20-10-6-4-7-11-20/h4-16,19H,17-18H2,1-3H3. The molecular weight excluding hydrogens is 406 g/mol. The Morgan fingerprint density at radius 3 is 2.03 bits per heavy atom. The molecule has 6 heteroatoms. The minimum atomic E-state index is -0.637. The van der Waals surface area contributed by atoms with Gasteiger partial charge in [0, 0.05) is 0 Å². The molecule has 0 spiro atoms. The summed E-state index contributed by atoms with van der Waals surface area (Å²) in [6.45, 7) is 5.93. The van der Waals surface area contributed by atoms with Crippen LogP contribution in [0.2, 0.25) is 0 Å². The van der Waals surface area contributed by atoms with Gasteiger partial charge in [0.2, 0.25) is 6.41 Å². The lowest BCUT2D eigenvalue weighted by Crippen LogP contribution is -2.33. The van der Waals surface area contributed by atoms with Gasteiger partial charge in [0.25, 0.3) is 0 Å². The van der Waals surface area contributed by atoms with Crippen molar-refractivity contribution in [2.45, 2.75) is 39.6 Å². The Morgan fingerprint density at radius 2 is 1.47 bits per heavy atom. The molecule has 32 heavy (non-hydrogen) atoms. The highest BCUT2D eigenvalue weighted by molar-refractivity contribution is 5.92. The molecule has 0 saturated carbocycles. The molecule has 0 unspecified atom stereocenters. The Balaban J connectivity index is 1.84. The average Bonchev–Trinajstić information content (AvgIpc) is 2.80. The number of hydrogen-bond donors (Lipinski definition) is 0. The van der Waals surface area contributed by atoms with Crippen LogP contribution in [0.5, 0.6) is 5.75 Å². The third-order valence-corrected chi connectivity index (χ3v) is 4.35. The molecular formula is C26H27NO5. The van der Waals surface area contributed by atoms with Crippen molar-refractivity contribution < 1.29 is 23.9 Å².